The van der Waals surface area contributed by atoms with Gasteiger partial charge < -0.3 is 18.6 Å². The van der Waals surface area contributed by atoms with Crippen molar-refractivity contribution in [2.24, 2.45) is 0 Å². The van der Waals surface area contributed by atoms with Crippen LogP contribution in [0, 0.1) is 0 Å². The third-order valence-corrected chi connectivity index (χ3v) is 19.9. The van der Waals surface area contributed by atoms with E-state index in [-0.39, 0.29) is 0 Å². The number of hydrogen-bond donors (Lipinski definition) is 0. The van der Waals surface area contributed by atoms with Gasteiger partial charge in [0, 0.05) is 116 Å². The number of fused-ring (bicyclic) bond motifs is 12. The topological polar surface area (TPSA) is 58.5 Å². The minimum atomic E-state index is 0.834. The Balaban J connectivity index is 0.710. The van der Waals surface area contributed by atoms with Gasteiger partial charge in [0.25, 0.3) is 0 Å². The predicted molar refractivity (Wildman–Crippen MR) is 379 cm³/mol. The molecule has 0 saturated heterocycles. The van der Waals surface area contributed by atoms with Gasteiger partial charge in [0.05, 0.1) is 26.5 Å². The maximum atomic E-state index is 6.74. The normalized spacial score (nSPS) is 11.8. The molecule has 8 heteroatoms. The fourth-order valence-electron chi connectivity index (χ4n) is 13.3. The van der Waals surface area contributed by atoms with Crippen LogP contribution >= 0.6 is 22.7 Å². The van der Waals surface area contributed by atoms with Crippen LogP contribution in [0.15, 0.2) is 312 Å². The number of anilines is 6. The van der Waals surface area contributed by atoms with Crippen LogP contribution in [-0.2, 0) is 0 Å². The van der Waals surface area contributed by atoms with Gasteiger partial charge in [-0.05, 0) is 131 Å². The number of furan rings is 2. The summed E-state index contributed by atoms with van der Waals surface area (Å²) in [4.78, 5) is 14.9. The molecule has 6 aromatic heterocycles. The Bertz CT molecular complexity index is 5790. The fourth-order valence-corrected chi connectivity index (χ4v) is 15.5. The molecule has 0 aliphatic rings. The number of nitrogens with zero attached hydrogens (tertiary/aromatic N) is 4. The maximum Gasteiger partial charge on any atom is 0.159 e. The Morgan fingerprint density at radius 3 is 1.56 bits per heavy atom. The van der Waals surface area contributed by atoms with E-state index in [2.05, 4.69) is 277 Å². The molecule has 18 rings (SSSR count). The van der Waals surface area contributed by atoms with E-state index >= 15 is 0 Å². The van der Waals surface area contributed by atoms with Crippen LogP contribution in [0.4, 0.5) is 34.1 Å². The van der Waals surface area contributed by atoms with E-state index < -0.39 is 0 Å². The van der Waals surface area contributed by atoms with Crippen molar-refractivity contribution in [1.82, 2.24) is 9.97 Å². The molecule has 12 aromatic carbocycles. The fraction of sp³-hybridized carbons (Fsp3) is 0. The Morgan fingerprint density at radius 2 is 0.822 bits per heavy atom. The molecular formula is C82H50N4O2S2. The summed E-state index contributed by atoms with van der Waals surface area (Å²) in [6.07, 6.45) is 3.99. The van der Waals surface area contributed by atoms with E-state index in [1.165, 1.54) is 41.2 Å². The first-order chi connectivity index (χ1) is 44.6. The second kappa shape index (κ2) is 21.2. The summed E-state index contributed by atoms with van der Waals surface area (Å²) in [5, 5.41) is 9.27. The number of pyridine rings is 2. The zero-order chi connectivity index (χ0) is 59.2. The Morgan fingerprint density at radius 1 is 0.300 bits per heavy atom. The number of aromatic nitrogens is 2. The molecule has 0 radical (unpaired) electrons. The Kier molecular flexibility index (Phi) is 12.2. The van der Waals surface area contributed by atoms with E-state index in [0.717, 1.165) is 133 Å². The molecule has 90 heavy (non-hydrogen) atoms. The molecule has 0 amide bonds. The highest BCUT2D eigenvalue weighted by molar-refractivity contribution is 7.26. The average Bonchev–Trinajstić information content (AvgIpc) is 1.73. The van der Waals surface area contributed by atoms with Gasteiger partial charge in [-0.2, -0.15) is 0 Å². The highest BCUT2D eigenvalue weighted by Crippen LogP contribution is 2.47. The molecule has 0 atom stereocenters. The summed E-state index contributed by atoms with van der Waals surface area (Å²) in [6, 6.07) is 104. The summed E-state index contributed by atoms with van der Waals surface area (Å²) >= 11 is 3.59. The molecule has 0 unspecified atom stereocenters. The van der Waals surface area contributed by atoms with E-state index in [1.54, 1.807) is 22.7 Å². The molecule has 422 valence electrons. The molecule has 6 heterocycles. The van der Waals surface area contributed by atoms with E-state index in [1.807, 2.05) is 36.7 Å². The smallest absolute Gasteiger partial charge is 0.159 e. The molecule has 0 saturated carbocycles. The van der Waals surface area contributed by atoms with Crippen molar-refractivity contribution in [2.75, 3.05) is 9.80 Å². The van der Waals surface area contributed by atoms with Crippen molar-refractivity contribution in [3.63, 3.8) is 0 Å². The van der Waals surface area contributed by atoms with Crippen molar-refractivity contribution in [3.05, 3.63) is 304 Å². The molecule has 0 bridgehead atoms. The minimum Gasteiger partial charge on any atom is -0.456 e. The number of hydrogen-bond acceptors (Lipinski definition) is 8. The van der Waals surface area contributed by atoms with Crippen molar-refractivity contribution in [1.29, 1.82) is 0 Å². The lowest BCUT2D eigenvalue weighted by Gasteiger charge is -2.26. The first kappa shape index (κ1) is 51.8. The van der Waals surface area contributed by atoms with Gasteiger partial charge in [-0.15, -0.1) is 22.7 Å². The van der Waals surface area contributed by atoms with Gasteiger partial charge in [-0.3, -0.25) is 4.98 Å². The minimum absolute atomic E-state index is 0.834. The first-order valence-electron chi connectivity index (χ1n) is 30.2. The summed E-state index contributed by atoms with van der Waals surface area (Å²) < 4.78 is 18.0. The lowest BCUT2D eigenvalue weighted by atomic mass is 9.99. The van der Waals surface area contributed by atoms with Crippen molar-refractivity contribution < 1.29 is 8.83 Å². The molecule has 0 fully saturated rings. The predicted octanol–water partition coefficient (Wildman–Crippen LogP) is 24.3. The Labute approximate surface area is 525 Å². The zero-order valence-electron chi connectivity index (χ0n) is 48.3. The van der Waals surface area contributed by atoms with Crippen molar-refractivity contribution in [3.8, 4) is 55.9 Å². The standard InChI is InChI=1S/C82H50N4O2S2/c1-2-14-51(15-3-1)52-28-36-58(37-29-52)85(62-44-45-65-63-18-4-8-24-73(63)87-75(65)47-62)59-42-34-55(35-43-59)71-48-69-66-20-6-10-26-76(66)90-82(69)80(84-71)57-17-12-16-56(46-57)53-30-38-60(39-31-53)86(72-23-13-22-67-64-19-5-9-25-74(64)88-81(67)72)61-40-32-54(33-41-61)70-49-83-50-78-79(70)68-21-7-11-27-77(68)89-78/h1-50H. The van der Waals surface area contributed by atoms with Gasteiger partial charge >= 0.3 is 0 Å². The molecule has 18 aromatic rings. The lowest BCUT2D eigenvalue weighted by Crippen LogP contribution is -2.10. The van der Waals surface area contributed by atoms with E-state index in [9.17, 15) is 0 Å². The van der Waals surface area contributed by atoms with Crippen LogP contribution < -0.4 is 9.80 Å². The van der Waals surface area contributed by atoms with Gasteiger partial charge in [-0.25, -0.2) is 4.98 Å². The molecule has 0 N–H and O–H groups in total. The van der Waals surface area contributed by atoms with Gasteiger partial charge in [0.15, 0.2) is 5.58 Å². The van der Waals surface area contributed by atoms with Crippen LogP contribution in [0.5, 0.6) is 0 Å². The highest BCUT2D eigenvalue weighted by Gasteiger charge is 2.23. The maximum absolute atomic E-state index is 6.74. The number of rotatable bonds is 11. The summed E-state index contributed by atoms with van der Waals surface area (Å²) in [5.41, 5.74) is 20.2. The Hall–Kier alpha value is -11.4. The zero-order valence-corrected chi connectivity index (χ0v) is 49.9. The third kappa shape index (κ3) is 8.75. The van der Waals surface area contributed by atoms with Crippen molar-refractivity contribution >= 4 is 141 Å². The van der Waals surface area contributed by atoms with Gasteiger partial charge in [-0.1, -0.05) is 182 Å². The quantitative estimate of drug-likeness (QED) is 0.129. The number of benzene rings is 12. The van der Waals surface area contributed by atoms with Crippen LogP contribution in [0.3, 0.4) is 0 Å². The number of para-hydroxylation sites is 3. The van der Waals surface area contributed by atoms with E-state index in [4.69, 9.17) is 18.8 Å². The second-order valence-electron chi connectivity index (χ2n) is 22.8. The highest BCUT2D eigenvalue weighted by atomic mass is 32.1. The van der Waals surface area contributed by atoms with Crippen LogP contribution in [0.1, 0.15) is 0 Å². The molecule has 0 aliphatic carbocycles. The summed E-state index contributed by atoms with van der Waals surface area (Å²) in [5.74, 6) is 0. The van der Waals surface area contributed by atoms with Crippen LogP contribution in [0.2, 0.25) is 0 Å². The van der Waals surface area contributed by atoms with Crippen LogP contribution in [0.25, 0.3) is 140 Å². The lowest BCUT2D eigenvalue weighted by molar-refractivity contribution is 0.668. The second-order valence-corrected chi connectivity index (χ2v) is 25.0. The largest absolute Gasteiger partial charge is 0.456 e. The van der Waals surface area contributed by atoms with E-state index in [0.29, 0.717) is 0 Å². The van der Waals surface area contributed by atoms with Crippen LogP contribution in [-0.4, -0.2) is 9.97 Å². The van der Waals surface area contributed by atoms with Gasteiger partial charge in [0.2, 0.25) is 0 Å². The number of thiophene rings is 2. The molecule has 0 spiro atoms. The summed E-state index contributed by atoms with van der Waals surface area (Å²) in [6.45, 7) is 0. The van der Waals surface area contributed by atoms with Crippen molar-refractivity contribution in [2.45, 2.75) is 0 Å². The first-order valence-corrected chi connectivity index (χ1v) is 31.8. The summed E-state index contributed by atoms with van der Waals surface area (Å²) in [7, 11) is 0. The monoisotopic (exact) mass is 1190 g/mol. The SMILES string of the molecule is c1ccc(-c2ccc(N(c3ccc(-c4cc5c(sc6ccccc65)c(-c5cccc(-c6ccc(N(c7ccc(-c8cncc9sc%10ccccc%10c89)cc7)c7cccc8c7oc7ccccc78)cc6)c5)n4)cc3)c3ccc4c(c3)oc3ccccc34)cc2)cc1. The average molecular weight is 1190 g/mol. The van der Waals surface area contributed by atoms with Gasteiger partial charge in [0.1, 0.15) is 16.7 Å². The third-order valence-electron chi connectivity index (χ3n) is 17.6. The molecular weight excluding hydrogens is 1140 g/mol. The molecule has 0 aliphatic heterocycles. The molecule has 6 nitrogen and oxygen atoms in total.